The molecule has 0 aromatic carbocycles. The largest absolute Gasteiger partial charge is 0.478 e. The van der Waals surface area contributed by atoms with Crippen molar-refractivity contribution in [1.29, 1.82) is 0 Å². The lowest BCUT2D eigenvalue weighted by molar-refractivity contribution is -0.442. The predicted molar refractivity (Wildman–Crippen MR) is 57.3 cm³/mol. The Labute approximate surface area is 152 Å². The number of hydrogen-bond donors (Lipinski definition) is 0. The zero-order valence-corrected chi connectivity index (χ0v) is 13.0. The van der Waals surface area contributed by atoms with Crippen LogP contribution < -0.4 is 0 Å². The van der Waals surface area contributed by atoms with Gasteiger partial charge in [0.25, 0.3) is 0 Å². The molecule has 0 amide bonds. The Bertz CT molecular complexity index is 635. The van der Waals surface area contributed by atoms with Crippen molar-refractivity contribution in [3.8, 4) is 0 Å². The van der Waals surface area contributed by atoms with Crippen LogP contribution in [0, 0.1) is 0 Å². The van der Waals surface area contributed by atoms with E-state index in [-0.39, 0.29) is 0 Å². The van der Waals surface area contributed by atoms with Crippen molar-refractivity contribution >= 4 is 0 Å². The highest BCUT2D eigenvalue weighted by Gasteiger charge is 2.81. The number of hydrogen-bond acceptors (Lipinski definition) is 2. The molecule has 1 rings (SSSR count). The minimum atomic E-state index is -6.84. The molecular formula is C11H3F17O2. The lowest BCUT2D eigenvalue weighted by Gasteiger charge is -2.31. The molecule has 19 heteroatoms. The van der Waals surface area contributed by atoms with Crippen LogP contribution in [0.5, 0.6) is 0 Å². The Morgan fingerprint density at radius 1 is 0.600 bits per heavy atom. The monoisotopic (exact) mass is 490 g/mol. The average Bonchev–Trinajstić information content (AvgIpc) is 2.82. The van der Waals surface area contributed by atoms with Crippen molar-refractivity contribution in [3.05, 3.63) is 24.7 Å². The van der Waals surface area contributed by atoms with Gasteiger partial charge in [0, 0.05) is 0 Å². The summed E-state index contributed by atoms with van der Waals surface area (Å²) < 4.78 is 208. The SMILES string of the molecule is C=CC(F)(F)C(F)(F)C(F)(F)C(F)(F)F.FC1=C(F)OC(C(F)(F)F)(C(F)(F)F)O1. The first-order valence-electron chi connectivity index (χ1n) is 6.23. The Morgan fingerprint density at radius 2 is 0.900 bits per heavy atom. The van der Waals surface area contributed by atoms with Crippen molar-refractivity contribution < 1.29 is 84.1 Å². The van der Waals surface area contributed by atoms with Crippen LogP contribution in [0.2, 0.25) is 0 Å². The smallest absolute Gasteiger partial charge is 0.408 e. The molecule has 0 saturated heterocycles. The molecule has 0 N–H and O–H groups in total. The molecule has 0 atom stereocenters. The van der Waals surface area contributed by atoms with E-state index in [0.29, 0.717) is 0 Å². The maximum absolute atomic E-state index is 12.2. The second-order valence-electron chi connectivity index (χ2n) is 4.84. The van der Waals surface area contributed by atoms with Crippen LogP contribution in [-0.2, 0) is 9.47 Å². The standard InChI is InChI=1S/C6H3F9.C5F8O2/c1-2-3(7,8)4(9,10)5(11,12)6(13,14)15;6-1-2(7)15-3(14-1,4(8,9)10)5(11,12)13/h2H,1H2;. The van der Waals surface area contributed by atoms with Gasteiger partial charge in [-0.3, -0.25) is 0 Å². The molecule has 0 aromatic heterocycles. The van der Waals surface area contributed by atoms with Gasteiger partial charge in [0.15, 0.2) is 0 Å². The number of halogens is 17. The van der Waals surface area contributed by atoms with E-state index in [2.05, 4.69) is 16.1 Å². The van der Waals surface area contributed by atoms with Crippen molar-refractivity contribution in [2.45, 2.75) is 42.1 Å². The molecule has 1 heterocycles. The van der Waals surface area contributed by atoms with E-state index in [1.54, 1.807) is 0 Å². The number of allylic oxidation sites excluding steroid dienone is 1. The Kier molecular flexibility index (Phi) is 7.01. The second kappa shape index (κ2) is 7.54. The summed E-state index contributed by atoms with van der Waals surface area (Å²) in [5, 5.41) is 0. The van der Waals surface area contributed by atoms with Crippen molar-refractivity contribution in [2.75, 3.05) is 0 Å². The Balaban J connectivity index is 0.000000561. The normalized spacial score (nSPS) is 18.3. The minimum Gasteiger partial charge on any atom is -0.408 e. The highest BCUT2D eigenvalue weighted by atomic mass is 19.4. The van der Waals surface area contributed by atoms with Gasteiger partial charge in [-0.1, -0.05) is 6.58 Å². The van der Waals surface area contributed by atoms with Crippen LogP contribution in [-0.4, -0.2) is 42.1 Å². The second-order valence-corrected chi connectivity index (χ2v) is 4.84. The van der Waals surface area contributed by atoms with Gasteiger partial charge in [0.05, 0.1) is 0 Å². The van der Waals surface area contributed by atoms with Gasteiger partial charge >= 0.3 is 54.1 Å². The first-order valence-corrected chi connectivity index (χ1v) is 6.23. The Hall–Kier alpha value is -2.11. The summed E-state index contributed by atoms with van der Waals surface area (Å²) >= 11 is 0. The van der Waals surface area contributed by atoms with E-state index in [4.69, 9.17) is 0 Å². The average molecular weight is 490 g/mol. The molecule has 1 aliphatic heterocycles. The van der Waals surface area contributed by atoms with Crippen LogP contribution >= 0.6 is 0 Å². The molecule has 0 bridgehead atoms. The fourth-order valence-electron chi connectivity index (χ4n) is 1.26. The molecule has 0 fully saturated rings. The van der Waals surface area contributed by atoms with Crippen molar-refractivity contribution in [2.24, 2.45) is 0 Å². The summed E-state index contributed by atoms with van der Waals surface area (Å²) in [7, 11) is 0. The third kappa shape index (κ3) is 4.47. The summed E-state index contributed by atoms with van der Waals surface area (Å²) in [6.45, 7) is 2.06. The molecule has 1 aliphatic rings. The third-order valence-corrected chi connectivity index (χ3v) is 2.79. The number of ether oxygens (including phenoxy) is 2. The lowest BCUT2D eigenvalue weighted by Crippen LogP contribution is -2.60. The molecule has 0 radical (unpaired) electrons. The highest BCUT2D eigenvalue weighted by molar-refractivity contribution is 5.07. The zero-order chi connectivity index (χ0) is 24.8. The van der Waals surface area contributed by atoms with E-state index in [9.17, 15) is 74.6 Å². The molecule has 2 nitrogen and oxygen atoms in total. The van der Waals surface area contributed by atoms with Crippen LogP contribution in [0.25, 0.3) is 0 Å². The first kappa shape index (κ1) is 27.9. The summed E-state index contributed by atoms with van der Waals surface area (Å²) in [5.41, 5.74) is 0. The molecular weight excluding hydrogens is 487 g/mol. The molecule has 0 aromatic rings. The highest BCUT2D eigenvalue weighted by Crippen LogP contribution is 2.54. The lowest BCUT2D eigenvalue weighted by atomic mass is 10.0. The zero-order valence-electron chi connectivity index (χ0n) is 13.0. The van der Waals surface area contributed by atoms with Gasteiger partial charge < -0.3 is 9.47 Å². The van der Waals surface area contributed by atoms with E-state index in [1.165, 1.54) is 0 Å². The van der Waals surface area contributed by atoms with Gasteiger partial charge in [-0.15, -0.1) is 0 Å². The molecule has 0 saturated carbocycles. The summed E-state index contributed by atoms with van der Waals surface area (Å²) in [6.07, 6.45) is -20.1. The summed E-state index contributed by atoms with van der Waals surface area (Å²) in [4.78, 5) is 0. The summed E-state index contributed by atoms with van der Waals surface area (Å²) in [5.74, 6) is -24.4. The fraction of sp³-hybridized carbons (Fsp3) is 0.636. The first-order chi connectivity index (χ1) is 12.8. The maximum atomic E-state index is 12.2. The fourth-order valence-corrected chi connectivity index (χ4v) is 1.26. The van der Waals surface area contributed by atoms with E-state index < -0.39 is 60.2 Å². The number of alkyl halides is 15. The molecule has 0 spiro atoms. The molecule has 178 valence electrons. The van der Waals surface area contributed by atoms with Crippen LogP contribution in [0.4, 0.5) is 74.6 Å². The van der Waals surface area contributed by atoms with Gasteiger partial charge in [0.2, 0.25) is 0 Å². The summed E-state index contributed by atoms with van der Waals surface area (Å²) in [6, 6.07) is -5.41. The van der Waals surface area contributed by atoms with Crippen LogP contribution in [0.15, 0.2) is 24.7 Å². The van der Waals surface area contributed by atoms with Crippen molar-refractivity contribution in [1.82, 2.24) is 0 Å². The van der Waals surface area contributed by atoms with Gasteiger partial charge in [-0.25, -0.2) is 0 Å². The van der Waals surface area contributed by atoms with Crippen molar-refractivity contribution in [3.63, 3.8) is 0 Å². The predicted octanol–water partition coefficient (Wildman–Crippen LogP) is 6.56. The van der Waals surface area contributed by atoms with Gasteiger partial charge in [0.1, 0.15) is 0 Å². The quantitative estimate of drug-likeness (QED) is 0.330. The minimum absolute atomic E-state index is 0.966. The van der Waals surface area contributed by atoms with E-state index in [0.717, 1.165) is 0 Å². The van der Waals surface area contributed by atoms with E-state index >= 15 is 0 Å². The van der Waals surface area contributed by atoms with Gasteiger partial charge in [-0.05, 0) is 6.08 Å². The van der Waals surface area contributed by atoms with Crippen LogP contribution in [0.1, 0.15) is 0 Å². The molecule has 0 unspecified atom stereocenters. The van der Waals surface area contributed by atoms with E-state index in [1.807, 2.05) is 0 Å². The van der Waals surface area contributed by atoms with Crippen LogP contribution in [0.3, 0.4) is 0 Å². The number of rotatable bonds is 3. The topological polar surface area (TPSA) is 18.5 Å². The van der Waals surface area contributed by atoms with Gasteiger partial charge in [-0.2, -0.15) is 74.6 Å². The Morgan fingerprint density at radius 3 is 1.07 bits per heavy atom. The molecule has 0 aliphatic carbocycles. The molecule has 30 heavy (non-hydrogen) atoms. The third-order valence-electron chi connectivity index (χ3n) is 2.79. The maximum Gasteiger partial charge on any atom is 0.478 e.